The molecule has 3 aromatic rings. The van der Waals surface area contributed by atoms with Gasteiger partial charge in [0.1, 0.15) is 10.0 Å². The fraction of sp³-hybridized carbons (Fsp3) is 0.333. The highest BCUT2D eigenvalue weighted by molar-refractivity contribution is 7.22. The largest absolute Gasteiger partial charge is 0.320 e. The first-order valence-electron chi connectivity index (χ1n) is 8.12. The highest BCUT2D eigenvalue weighted by Crippen LogP contribution is 2.45. The number of fused-ring (bicyclic) bond motifs is 2. The van der Waals surface area contributed by atoms with Gasteiger partial charge in [0.2, 0.25) is 6.41 Å². The second-order valence-corrected chi connectivity index (χ2v) is 8.41. The van der Waals surface area contributed by atoms with E-state index in [0.29, 0.717) is 6.04 Å². The fourth-order valence-electron chi connectivity index (χ4n) is 3.22. The van der Waals surface area contributed by atoms with Crippen molar-refractivity contribution in [3.05, 3.63) is 34.7 Å². The van der Waals surface area contributed by atoms with Crippen LogP contribution in [0.1, 0.15) is 24.3 Å². The van der Waals surface area contributed by atoms with Gasteiger partial charge < -0.3 is 5.32 Å². The summed E-state index contributed by atoms with van der Waals surface area (Å²) < 4.78 is 1.18. The lowest BCUT2D eigenvalue weighted by molar-refractivity contribution is -0.105. The monoisotopic (exact) mass is 357 g/mol. The Kier molecular flexibility index (Phi) is 4.12. The maximum atomic E-state index is 11.1. The number of nitrogens with one attached hydrogen (secondary N) is 1. The summed E-state index contributed by atoms with van der Waals surface area (Å²) in [5.41, 5.74) is 3.51. The zero-order valence-corrected chi connectivity index (χ0v) is 15.3. The topological polar surface area (TPSA) is 45.2 Å². The molecular weight excluding hydrogens is 338 g/mol. The van der Waals surface area contributed by atoms with Crippen LogP contribution in [0, 0.1) is 0 Å². The predicted molar refractivity (Wildman–Crippen MR) is 102 cm³/mol. The normalized spacial score (nSPS) is 15.0. The van der Waals surface area contributed by atoms with E-state index >= 15 is 0 Å². The van der Waals surface area contributed by atoms with Gasteiger partial charge in [-0.1, -0.05) is 12.1 Å². The van der Waals surface area contributed by atoms with E-state index in [-0.39, 0.29) is 0 Å². The Labute approximate surface area is 149 Å². The molecule has 3 heterocycles. The Morgan fingerprint density at radius 2 is 2.12 bits per heavy atom. The lowest BCUT2D eigenvalue weighted by Gasteiger charge is -2.30. The molecule has 0 radical (unpaired) electrons. The lowest BCUT2D eigenvalue weighted by Crippen LogP contribution is -2.35. The maximum Gasteiger partial charge on any atom is 0.212 e. The van der Waals surface area contributed by atoms with Crippen LogP contribution in [0.2, 0.25) is 0 Å². The van der Waals surface area contributed by atoms with Gasteiger partial charge in [0.25, 0.3) is 0 Å². The number of carbonyl (C=O) groups is 1. The molecule has 1 aliphatic rings. The van der Waals surface area contributed by atoms with Crippen LogP contribution in [0.15, 0.2) is 24.3 Å². The van der Waals surface area contributed by atoms with Gasteiger partial charge in [0, 0.05) is 29.6 Å². The number of benzene rings is 1. The van der Waals surface area contributed by atoms with Gasteiger partial charge in [-0.25, -0.2) is 4.98 Å². The number of anilines is 1. The Hall–Kier alpha value is -1.76. The number of nitrogens with zero attached hydrogens (tertiary/aromatic N) is 2. The molecule has 0 saturated carbocycles. The summed E-state index contributed by atoms with van der Waals surface area (Å²) in [4.78, 5) is 19.7. The van der Waals surface area contributed by atoms with E-state index in [2.05, 4.69) is 30.1 Å². The number of rotatable bonds is 4. The molecule has 4 rings (SSSR count). The summed E-state index contributed by atoms with van der Waals surface area (Å²) in [7, 11) is 0. The van der Waals surface area contributed by atoms with Crippen LogP contribution in [0.3, 0.4) is 0 Å². The quantitative estimate of drug-likeness (QED) is 0.706. The number of carbonyl (C=O) groups excluding carboxylic acids is 1. The van der Waals surface area contributed by atoms with Crippen LogP contribution in [-0.4, -0.2) is 28.9 Å². The van der Waals surface area contributed by atoms with Crippen molar-refractivity contribution in [1.82, 2.24) is 9.88 Å². The predicted octanol–water partition coefficient (Wildman–Crippen LogP) is 4.36. The van der Waals surface area contributed by atoms with Gasteiger partial charge >= 0.3 is 0 Å². The Balaban J connectivity index is 1.83. The summed E-state index contributed by atoms with van der Waals surface area (Å²) in [6, 6.07) is 8.73. The number of para-hydroxylation sites is 1. The second-order valence-electron chi connectivity index (χ2n) is 6.27. The molecule has 0 atom stereocenters. The molecular formula is C18H19N3OS2. The molecule has 0 unspecified atom stereocenters. The maximum absolute atomic E-state index is 11.1. The molecule has 1 amide bonds. The standard InChI is InChI=1S/C18H19N3OS2/c1-11(2)21-8-7-12-15(9-21)24-17(19-10-22)16(12)18-20-13-5-3-4-6-14(13)23-18/h3-6,10-11H,7-9H2,1-2H3,(H,19,22). The van der Waals surface area contributed by atoms with Crippen molar-refractivity contribution in [2.75, 3.05) is 11.9 Å². The first kappa shape index (κ1) is 15.7. The Bertz CT molecular complexity index is 864. The molecule has 0 saturated heterocycles. The summed E-state index contributed by atoms with van der Waals surface area (Å²) in [6.45, 7) is 6.48. The van der Waals surface area contributed by atoms with Crippen LogP contribution < -0.4 is 5.32 Å². The third-order valence-electron chi connectivity index (χ3n) is 4.51. The number of thiophene rings is 1. The summed E-state index contributed by atoms with van der Waals surface area (Å²) in [5, 5.41) is 4.85. The van der Waals surface area contributed by atoms with Crippen LogP contribution in [0.25, 0.3) is 20.8 Å². The zero-order valence-electron chi connectivity index (χ0n) is 13.7. The van der Waals surface area contributed by atoms with Gasteiger partial charge in [-0.05, 0) is 38.0 Å². The summed E-state index contributed by atoms with van der Waals surface area (Å²) in [6.07, 6.45) is 1.78. The van der Waals surface area contributed by atoms with Crippen LogP contribution in [-0.2, 0) is 17.8 Å². The number of thiazole rings is 1. The molecule has 1 aliphatic heterocycles. The minimum absolute atomic E-state index is 0.536. The van der Waals surface area contributed by atoms with E-state index in [0.717, 1.165) is 47.0 Å². The molecule has 0 aliphatic carbocycles. The van der Waals surface area contributed by atoms with Crippen molar-refractivity contribution in [2.24, 2.45) is 0 Å². The molecule has 24 heavy (non-hydrogen) atoms. The van der Waals surface area contributed by atoms with Crippen LogP contribution >= 0.6 is 22.7 Å². The highest BCUT2D eigenvalue weighted by Gasteiger charge is 2.27. The number of hydrogen-bond donors (Lipinski definition) is 1. The van der Waals surface area contributed by atoms with Crippen molar-refractivity contribution < 1.29 is 4.79 Å². The number of aromatic nitrogens is 1. The summed E-state index contributed by atoms with van der Waals surface area (Å²) in [5.74, 6) is 0. The fourth-order valence-corrected chi connectivity index (χ4v) is 5.57. The highest BCUT2D eigenvalue weighted by atomic mass is 32.1. The van der Waals surface area contributed by atoms with Crippen LogP contribution in [0.4, 0.5) is 5.00 Å². The van der Waals surface area contributed by atoms with Gasteiger partial charge in [0.15, 0.2) is 0 Å². The average Bonchev–Trinajstić information content (AvgIpc) is 3.14. The lowest BCUT2D eigenvalue weighted by atomic mass is 10.0. The molecule has 6 heteroatoms. The molecule has 1 N–H and O–H groups in total. The number of hydrogen-bond acceptors (Lipinski definition) is 5. The minimum atomic E-state index is 0.536. The van der Waals surface area contributed by atoms with E-state index in [4.69, 9.17) is 4.98 Å². The number of amides is 1. The van der Waals surface area contributed by atoms with Gasteiger partial charge in [-0.3, -0.25) is 9.69 Å². The minimum Gasteiger partial charge on any atom is -0.320 e. The third kappa shape index (κ3) is 2.64. The van der Waals surface area contributed by atoms with E-state index in [1.807, 2.05) is 18.2 Å². The molecule has 0 fully saturated rings. The van der Waals surface area contributed by atoms with E-state index in [1.54, 1.807) is 22.7 Å². The van der Waals surface area contributed by atoms with Gasteiger partial charge in [-0.15, -0.1) is 22.7 Å². The summed E-state index contributed by atoms with van der Waals surface area (Å²) >= 11 is 3.40. The molecule has 124 valence electrons. The first-order chi connectivity index (χ1) is 11.7. The van der Waals surface area contributed by atoms with E-state index < -0.39 is 0 Å². The third-order valence-corrected chi connectivity index (χ3v) is 6.72. The van der Waals surface area contributed by atoms with Gasteiger partial charge in [0.05, 0.1) is 10.2 Å². The molecule has 4 nitrogen and oxygen atoms in total. The molecule has 0 spiro atoms. The van der Waals surface area contributed by atoms with E-state index in [1.165, 1.54) is 15.1 Å². The van der Waals surface area contributed by atoms with Crippen molar-refractivity contribution >= 4 is 44.3 Å². The SMILES string of the molecule is CC(C)N1CCc2c(sc(NC=O)c2-c2nc3ccccc3s2)C1. The smallest absolute Gasteiger partial charge is 0.212 e. The van der Waals surface area contributed by atoms with Crippen molar-refractivity contribution in [2.45, 2.75) is 32.9 Å². The van der Waals surface area contributed by atoms with Crippen LogP contribution in [0.5, 0.6) is 0 Å². The Morgan fingerprint density at radius 3 is 2.88 bits per heavy atom. The van der Waals surface area contributed by atoms with Crippen molar-refractivity contribution in [3.63, 3.8) is 0 Å². The average molecular weight is 358 g/mol. The molecule has 2 aromatic heterocycles. The zero-order chi connectivity index (χ0) is 16.7. The van der Waals surface area contributed by atoms with Crippen molar-refractivity contribution in [1.29, 1.82) is 0 Å². The first-order valence-corrected chi connectivity index (χ1v) is 9.75. The van der Waals surface area contributed by atoms with E-state index in [9.17, 15) is 4.79 Å². The van der Waals surface area contributed by atoms with Crippen molar-refractivity contribution in [3.8, 4) is 10.6 Å². The Morgan fingerprint density at radius 1 is 1.29 bits per heavy atom. The van der Waals surface area contributed by atoms with Gasteiger partial charge in [-0.2, -0.15) is 0 Å². The molecule has 1 aromatic carbocycles. The molecule has 0 bridgehead atoms. The second kappa shape index (κ2) is 6.27.